The number of carbonyl (C=O) groups is 1. The third kappa shape index (κ3) is 4.64. The molecule has 4 heteroatoms. The Hall–Kier alpha value is -0.610. The average molecular weight is 240 g/mol. The van der Waals surface area contributed by atoms with E-state index in [1.54, 1.807) is 0 Å². The van der Waals surface area contributed by atoms with Gasteiger partial charge in [-0.1, -0.05) is 0 Å². The summed E-state index contributed by atoms with van der Waals surface area (Å²) in [5.41, 5.74) is 0. The summed E-state index contributed by atoms with van der Waals surface area (Å²) in [6.45, 7) is 4.69. The standard InChI is InChI=1S/C13H24N2O2/c16-13(15-9-12-5-7-17-10-12)4-3-11-2-1-6-14-8-11/h11-12,14H,1-10H2,(H,15,16). The minimum atomic E-state index is 0.211. The largest absolute Gasteiger partial charge is 0.381 e. The fraction of sp³-hybridized carbons (Fsp3) is 0.923. The summed E-state index contributed by atoms with van der Waals surface area (Å²) in [5.74, 6) is 1.45. The highest BCUT2D eigenvalue weighted by Crippen LogP contribution is 2.16. The van der Waals surface area contributed by atoms with Crippen LogP contribution in [0.5, 0.6) is 0 Å². The molecule has 2 aliphatic rings. The molecule has 2 rings (SSSR count). The maximum absolute atomic E-state index is 11.7. The van der Waals surface area contributed by atoms with Crippen molar-refractivity contribution in [2.45, 2.75) is 32.1 Å². The van der Waals surface area contributed by atoms with Gasteiger partial charge in [0.05, 0.1) is 6.61 Å². The molecule has 0 aromatic rings. The monoisotopic (exact) mass is 240 g/mol. The lowest BCUT2D eigenvalue weighted by Gasteiger charge is -2.22. The van der Waals surface area contributed by atoms with Crippen LogP contribution in [-0.2, 0) is 9.53 Å². The maximum atomic E-state index is 11.7. The van der Waals surface area contributed by atoms with Crippen molar-refractivity contribution in [2.24, 2.45) is 11.8 Å². The van der Waals surface area contributed by atoms with E-state index in [1.807, 2.05) is 0 Å². The van der Waals surface area contributed by atoms with Crippen LogP contribution in [0.4, 0.5) is 0 Å². The highest BCUT2D eigenvalue weighted by molar-refractivity contribution is 5.75. The smallest absolute Gasteiger partial charge is 0.220 e. The highest BCUT2D eigenvalue weighted by atomic mass is 16.5. The van der Waals surface area contributed by atoms with Crippen LogP contribution in [0.1, 0.15) is 32.1 Å². The number of rotatable bonds is 5. The van der Waals surface area contributed by atoms with E-state index < -0.39 is 0 Å². The summed E-state index contributed by atoms with van der Waals surface area (Å²) >= 11 is 0. The third-order valence-electron chi connectivity index (χ3n) is 3.79. The molecule has 2 N–H and O–H groups in total. The maximum Gasteiger partial charge on any atom is 0.220 e. The van der Waals surface area contributed by atoms with E-state index in [-0.39, 0.29) is 5.91 Å². The Labute approximate surface area is 103 Å². The fourth-order valence-electron chi connectivity index (χ4n) is 2.60. The molecule has 1 amide bonds. The molecule has 2 unspecified atom stereocenters. The van der Waals surface area contributed by atoms with E-state index >= 15 is 0 Å². The van der Waals surface area contributed by atoms with Gasteiger partial charge in [0.1, 0.15) is 0 Å². The minimum absolute atomic E-state index is 0.211. The first kappa shape index (κ1) is 12.8. The third-order valence-corrected chi connectivity index (χ3v) is 3.79. The Morgan fingerprint density at radius 3 is 3.00 bits per heavy atom. The van der Waals surface area contributed by atoms with Crippen molar-refractivity contribution in [3.63, 3.8) is 0 Å². The van der Waals surface area contributed by atoms with E-state index in [0.717, 1.165) is 45.7 Å². The van der Waals surface area contributed by atoms with Crippen LogP contribution >= 0.6 is 0 Å². The molecular formula is C13H24N2O2. The predicted octanol–water partition coefficient (Wildman–Crippen LogP) is 0.919. The Morgan fingerprint density at radius 2 is 2.29 bits per heavy atom. The van der Waals surface area contributed by atoms with Gasteiger partial charge in [-0.15, -0.1) is 0 Å². The van der Waals surface area contributed by atoms with Crippen molar-refractivity contribution in [3.8, 4) is 0 Å². The second kappa shape index (κ2) is 6.97. The van der Waals surface area contributed by atoms with Gasteiger partial charge >= 0.3 is 0 Å². The van der Waals surface area contributed by atoms with Gasteiger partial charge in [0.2, 0.25) is 5.91 Å². The van der Waals surface area contributed by atoms with Gasteiger partial charge in [-0.25, -0.2) is 0 Å². The van der Waals surface area contributed by atoms with Crippen molar-refractivity contribution in [1.29, 1.82) is 0 Å². The minimum Gasteiger partial charge on any atom is -0.381 e. The Morgan fingerprint density at radius 1 is 1.35 bits per heavy atom. The van der Waals surface area contributed by atoms with Crippen LogP contribution in [0.25, 0.3) is 0 Å². The molecule has 0 radical (unpaired) electrons. The molecule has 2 aliphatic heterocycles. The first-order chi connectivity index (χ1) is 8.34. The van der Waals surface area contributed by atoms with Crippen molar-refractivity contribution < 1.29 is 9.53 Å². The summed E-state index contributed by atoms with van der Waals surface area (Å²) in [6.07, 6.45) is 5.33. The lowest BCUT2D eigenvalue weighted by atomic mass is 9.94. The second-order valence-corrected chi connectivity index (χ2v) is 5.28. The summed E-state index contributed by atoms with van der Waals surface area (Å²) in [4.78, 5) is 11.7. The molecule has 0 bridgehead atoms. The molecule has 0 aromatic carbocycles. The first-order valence-electron chi connectivity index (χ1n) is 6.90. The molecule has 0 aliphatic carbocycles. The number of amides is 1. The van der Waals surface area contributed by atoms with E-state index in [4.69, 9.17) is 4.74 Å². The number of nitrogens with one attached hydrogen (secondary N) is 2. The van der Waals surface area contributed by atoms with Crippen LogP contribution in [-0.4, -0.2) is 38.8 Å². The van der Waals surface area contributed by atoms with E-state index in [1.165, 1.54) is 12.8 Å². The first-order valence-corrected chi connectivity index (χ1v) is 6.90. The van der Waals surface area contributed by atoms with Crippen molar-refractivity contribution in [1.82, 2.24) is 10.6 Å². The number of piperidine rings is 1. The summed E-state index contributed by atoms with van der Waals surface area (Å²) in [5, 5.41) is 6.41. The number of hydrogen-bond donors (Lipinski definition) is 2. The van der Waals surface area contributed by atoms with Crippen LogP contribution < -0.4 is 10.6 Å². The van der Waals surface area contributed by atoms with Gasteiger partial charge < -0.3 is 15.4 Å². The van der Waals surface area contributed by atoms with Crippen LogP contribution in [0.2, 0.25) is 0 Å². The van der Waals surface area contributed by atoms with Crippen LogP contribution in [0, 0.1) is 11.8 Å². The molecule has 98 valence electrons. The zero-order chi connectivity index (χ0) is 11.9. The quantitative estimate of drug-likeness (QED) is 0.751. The van der Waals surface area contributed by atoms with Gasteiger partial charge in [-0.2, -0.15) is 0 Å². The van der Waals surface area contributed by atoms with Gasteiger partial charge in [-0.05, 0) is 44.7 Å². The normalized spacial score (nSPS) is 29.2. The summed E-state index contributed by atoms with van der Waals surface area (Å²) < 4.78 is 5.28. The topological polar surface area (TPSA) is 50.4 Å². The average Bonchev–Trinajstić information content (AvgIpc) is 2.88. The Kier molecular flexibility index (Phi) is 5.26. The zero-order valence-corrected chi connectivity index (χ0v) is 10.5. The number of ether oxygens (including phenoxy) is 1. The molecule has 4 nitrogen and oxygen atoms in total. The fourth-order valence-corrected chi connectivity index (χ4v) is 2.60. The van der Waals surface area contributed by atoms with Crippen molar-refractivity contribution >= 4 is 5.91 Å². The molecule has 17 heavy (non-hydrogen) atoms. The van der Waals surface area contributed by atoms with Gasteiger partial charge in [-0.3, -0.25) is 4.79 Å². The lowest BCUT2D eigenvalue weighted by Crippen LogP contribution is -2.32. The number of hydrogen-bond acceptors (Lipinski definition) is 3. The lowest BCUT2D eigenvalue weighted by molar-refractivity contribution is -0.121. The summed E-state index contributed by atoms with van der Waals surface area (Å²) in [7, 11) is 0. The Balaban J connectivity index is 1.53. The molecular weight excluding hydrogens is 216 g/mol. The molecule has 0 saturated carbocycles. The molecule has 0 spiro atoms. The van der Waals surface area contributed by atoms with Crippen LogP contribution in [0.15, 0.2) is 0 Å². The van der Waals surface area contributed by atoms with Crippen LogP contribution in [0.3, 0.4) is 0 Å². The zero-order valence-electron chi connectivity index (χ0n) is 10.5. The Bertz CT molecular complexity index is 234. The van der Waals surface area contributed by atoms with Crippen molar-refractivity contribution in [3.05, 3.63) is 0 Å². The molecule has 2 fully saturated rings. The van der Waals surface area contributed by atoms with E-state index in [2.05, 4.69) is 10.6 Å². The second-order valence-electron chi connectivity index (χ2n) is 5.28. The molecule has 0 aromatic heterocycles. The summed E-state index contributed by atoms with van der Waals surface area (Å²) in [6, 6.07) is 0. The van der Waals surface area contributed by atoms with Crippen molar-refractivity contribution in [2.75, 3.05) is 32.8 Å². The van der Waals surface area contributed by atoms with Gasteiger partial charge in [0, 0.05) is 25.5 Å². The SMILES string of the molecule is O=C(CCC1CCCNC1)NCC1CCOC1. The number of carbonyl (C=O) groups excluding carboxylic acids is 1. The van der Waals surface area contributed by atoms with E-state index in [0.29, 0.717) is 18.3 Å². The predicted molar refractivity (Wildman–Crippen MR) is 66.8 cm³/mol. The highest BCUT2D eigenvalue weighted by Gasteiger charge is 2.17. The molecule has 2 saturated heterocycles. The van der Waals surface area contributed by atoms with Gasteiger partial charge in [0.25, 0.3) is 0 Å². The van der Waals surface area contributed by atoms with E-state index in [9.17, 15) is 4.79 Å². The van der Waals surface area contributed by atoms with Gasteiger partial charge in [0.15, 0.2) is 0 Å². The molecule has 2 atom stereocenters. The molecule has 2 heterocycles.